The van der Waals surface area contributed by atoms with Crippen LogP contribution in [0.2, 0.25) is 0 Å². The van der Waals surface area contributed by atoms with Crippen molar-refractivity contribution in [3.05, 3.63) is 0 Å². The highest BCUT2D eigenvalue weighted by Gasteiger charge is 2.38. The normalized spacial score (nSPS) is 21.2. The first kappa shape index (κ1) is 14.5. The average molecular weight is 244 g/mol. The molecule has 0 bridgehead atoms. The highest BCUT2D eigenvalue weighted by atomic mass is 16.7. The van der Waals surface area contributed by atoms with E-state index in [1.165, 1.54) is 0 Å². The van der Waals surface area contributed by atoms with E-state index >= 15 is 0 Å². The second-order valence-electron chi connectivity index (χ2n) is 6.12. The fourth-order valence-corrected chi connectivity index (χ4v) is 1.58. The van der Waals surface area contributed by atoms with Gasteiger partial charge in [-0.2, -0.15) is 0 Å². The second kappa shape index (κ2) is 5.36. The zero-order valence-corrected chi connectivity index (χ0v) is 11.5. The molecule has 0 amide bonds. The number of carbonyl (C=O) groups is 1. The minimum Gasteiger partial charge on any atom is -0.465 e. The highest BCUT2D eigenvalue weighted by molar-refractivity contribution is 5.68. The summed E-state index contributed by atoms with van der Waals surface area (Å²) in [5.41, 5.74) is -0.256. The Morgan fingerprint density at radius 1 is 1.35 bits per heavy atom. The lowest BCUT2D eigenvalue weighted by Gasteiger charge is -2.41. The van der Waals surface area contributed by atoms with Crippen LogP contribution in [0.1, 0.15) is 41.0 Å². The lowest BCUT2D eigenvalue weighted by Crippen LogP contribution is -2.46. The minimum atomic E-state index is -0.318. The van der Waals surface area contributed by atoms with E-state index in [4.69, 9.17) is 14.2 Å². The number of carbonyl (C=O) groups excluding carboxylic acids is 1. The number of rotatable bonds is 4. The highest BCUT2D eigenvalue weighted by Crippen LogP contribution is 2.32. The molecule has 1 fully saturated rings. The molecule has 0 aromatic rings. The van der Waals surface area contributed by atoms with E-state index < -0.39 is 0 Å². The van der Waals surface area contributed by atoms with Gasteiger partial charge in [0, 0.05) is 17.3 Å². The molecule has 1 heterocycles. The van der Waals surface area contributed by atoms with Crippen molar-refractivity contribution in [2.24, 2.45) is 10.8 Å². The third-order valence-corrected chi connectivity index (χ3v) is 2.78. The summed E-state index contributed by atoms with van der Waals surface area (Å²) in [4.78, 5) is 11.1. The zero-order valence-electron chi connectivity index (χ0n) is 11.5. The maximum Gasteiger partial charge on any atom is 0.305 e. The van der Waals surface area contributed by atoms with Crippen LogP contribution in [0.3, 0.4) is 0 Å². The van der Waals surface area contributed by atoms with E-state index in [9.17, 15) is 4.79 Å². The van der Waals surface area contributed by atoms with Crippen molar-refractivity contribution < 1.29 is 19.0 Å². The Hall–Kier alpha value is -0.610. The molecular weight excluding hydrogens is 220 g/mol. The summed E-state index contributed by atoms with van der Waals surface area (Å²) in [6.45, 7) is 11.6. The van der Waals surface area contributed by atoms with Crippen LogP contribution in [-0.2, 0) is 19.0 Å². The van der Waals surface area contributed by atoms with Crippen molar-refractivity contribution in [1.82, 2.24) is 0 Å². The molecule has 0 saturated carbocycles. The topological polar surface area (TPSA) is 44.8 Å². The van der Waals surface area contributed by atoms with Crippen LogP contribution in [0.4, 0.5) is 0 Å². The van der Waals surface area contributed by atoms with E-state index in [0.717, 1.165) is 0 Å². The number of hydrogen-bond donors (Lipinski definition) is 0. The van der Waals surface area contributed by atoms with Crippen LogP contribution in [0.25, 0.3) is 0 Å². The second-order valence-corrected chi connectivity index (χ2v) is 6.12. The molecule has 1 rings (SSSR count). The van der Waals surface area contributed by atoms with Gasteiger partial charge in [0.25, 0.3) is 0 Å². The van der Waals surface area contributed by atoms with E-state index in [1.807, 2.05) is 13.8 Å². The van der Waals surface area contributed by atoms with Crippen LogP contribution in [-0.4, -0.2) is 32.1 Å². The Morgan fingerprint density at radius 2 is 1.88 bits per heavy atom. The van der Waals surface area contributed by atoms with Gasteiger partial charge in [-0.15, -0.1) is 0 Å². The van der Waals surface area contributed by atoms with Gasteiger partial charge in [0.05, 0.1) is 13.2 Å². The van der Waals surface area contributed by atoms with Gasteiger partial charge in [-0.25, -0.2) is 0 Å². The molecule has 0 atom stereocenters. The fraction of sp³-hybridized carbons (Fsp3) is 0.923. The Bertz CT molecular complexity index is 261. The van der Waals surface area contributed by atoms with Gasteiger partial charge in [0.15, 0.2) is 6.29 Å². The first-order chi connectivity index (χ1) is 7.77. The van der Waals surface area contributed by atoms with E-state index in [-0.39, 0.29) is 23.1 Å². The standard InChI is InChI=1S/C13H24O4/c1-6-10(14)15-9-13(4,5)11-16-7-12(2,3)8-17-11/h11H,6-9H2,1-5H3. The smallest absolute Gasteiger partial charge is 0.305 e. The molecule has 0 spiro atoms. The van der Waals surface area contributed by atoms with E-state index in [2.05, 4.69) is 13.8 Å². The van der Waals surface area contributed by atoms with Crippen molar-refractivity contribution in [2.75, 3.05) is 19.8 Å². The number of esters is 1. The summed E-state index contributed by atoms with van der Waals surface area (Å²) in [6, 6.07) is 0. The van der Waals surface area contributed by atoms with Crippen LogP contribution < -0.4 is 0 Å². The van der Waals surface area contributed by atoms with Gasteiger partial charge in [-0.3, -0.25) is 4.79 Å². The molecule has 1 aliphatic heterocycles. The first-order valence-corrected chi connectivity index (χ1v) is 6.16. The SMILES string of the molecule is CCC(=O)OCC(C)(C)C1OCC(C)(C)CO1. The molecule has 1 aliphatic rings. The summed E-state index contributed by atoms with van der Waals surface area (Å²) >= 11 is 0. The largest absolute Gasteiger partial charge is 0.465 e. The Kier molecular flexibility index (Phi) is 4.55. The van der Waals surface area contributed by atoms with Crippen LogP contribution in [0.15, 0.2) is 0 Å². The summed E-state index contributed by atoms with van der Waals surface area (Å²) in [5, 5.41) is 0. The van der Waals surface area contributed by atoms with Crippen molar-refractivity contribution in [3.63, 3.8) is 0 Å². The molecule has 4 nitrogen and oxygen atoms in total. The summed E-state index contributed by atoms with van der Waals surface area (Å²) in [7, 11) is 0. The zero-order chi connectivity index (χ0) is 13.1. The van der Waals surface area contributed by atoms with Gasteiger partial charge in [0.2, 0.25) is 0 Å². The van der Waals surface area contributed by atoms with Crippen LogP contribution >= 0.6 is 0 Å². The third kappa shape index (κ3) is 4.28. The van der Waals surface area contributed by atoms with Gasteiger partial charge >= 0.3 is 5.97 Å². The van der Waals surface area contributed by atoms with Crippen molar-refractivity contribution in [1.29, 1.82) is 0 Å². The van der Waals surface area contributed by atoms with Crippen LogP contribution in [0, 0.1) is 10.8 Å². The maximum absolute atomic E-state index is 11.1. The van der Waals surface area contributed by atoms with E-state index in [1.54, 1.807) is 6.92 Å². The van der Waals surface area contributed by atoms with Crippen molar-refractivity contribution in [3.8, 4) is 0 Å². The van der Waals surface area contributed by atoms with Crippen LogP contribution in [0.5, 0.6) is 0 Å². The van der Waals surface area contributed by atoms with Crippen molar-refractivity contribution in [2.45, 2.75) is 47.3 Å². The lowest BCUT2D eigenvalue weighted by atomic mass is 9.90. The first-order valence-electron chi connectivity index (χ1n) is 6.16. The monoisotopic (exact) mass is 244 g/mol. The summed E-state index contributed by atoms with van der Waals surface area (Å²) in [5.74, 6) is -0.186. The molecule has 100 valence electrons. The minimum absolute atomic E-state index is 0.0622. The molecule has 0 aliphatic carbocycles. The Labute approximate surface area is 104 Å². The lowest BCUT2D eigenvalue weighted by molar-refractivity contribution is -0.269. The molecule has 0 unspecified atom stereocenters. The Balaban J connectivity index is 2.45. The van der Waals surface area contributed by atoms with Gasteiger partial charge in [-0.05, 0) is 0 Å². The predicted octanol–water partition coefficient (Wildman–Crippen LogP) is 2.36. The fourth-order valence-electron chi connectivity index (χ4n) is 1.58. The molecule has 0 N–H and O–H groups in total. The Morgan fingerprint density at radius 3 is 2.35 bits per heavy atom. The number of hydrogen-bond acceptors (Lipinski definition) is 4. The van der Waals surface area contributed by atoms with Crippen molar-refractivity contribution >= 4 is 5.97 Å². The van der Waals surface area contributed by atoms with Gasteiger partial charge in [0.1, 0.15) is 6.61 Å². The summed E-state index contributed by atoms with van der Waals surface area (Å²) in [6.07, 6.45) is 0.0929. The average Bonchev–Trinajstić information content (AvgIpc) is 2.25. The van der Waals surface area contributed by atoms with Gasteiger partial charge in [-0.1, -0.05) is 34.6 Å². The molecule has 0 aromatic carbocycles. The molecule has 17 heavy (non-hydrogen) atoms. The molecule has 0 radical (unpaired) electrons. The molecular formula is C13H24O4. The maximum atomic E-state index is 11.1. The number of ether oxygens (including phenoxy) is 3. The molecule has 1 saturated heterocycles. The quantitative estimate of drug-likeness (QED) is 0.712. The molecule has 4 heteroatoms. The third-order valence-electron chi connectivity index (χ3n) is 2.78. The van der Waals surface area contributed by atoms with Gasteiger partial charge < -0.3 is 14.2 Å². The predicted molar refractivity (Wildman–Crippen MR) is 64.5 cm³/mol. The van der Waals surface area contributed by atoms with E-state index in [0.29, 0.717) is 26.2 Å². The summed E-state index contributed by atoms with van der Waals surface area (Å²) < 4.78 is 16.6. The molecule has 0 aromatic heterocycles.